The minimum atomic E-state index is -0.776. The number of hydrogen-bond donors (Lipinski definition) is 2. The Balaban J connectivity index is 2.41. The standard InChI is InChI=1S/C15H20N2O3/c1-11(18)7-9-13(15(16)20)17-14(19)10-8-12-5-3-2-4-6-12/h2-6,13H,7-10H2,1H3,(H2,16,20)(H,17,19)/t13-/m0/s1. The number of carbonyl (C=O) groups is 3. The minimum absolute atomic E-state index is 0.0326. The number of primary amides is 1. The first kappa shape index (κ1) is 15.9. The van der Waals surface area contributed by atoms with Crippen molar-refractivity contribution in [1.29, 1.82) is 0 Å². The summed E-state index contributed by atoms with van der Waals surface area (Å²) in [6.07, 6.45) is 1.37. The van der Waals surface area contributed by atoms with E-state index in [1.54, 1.807) is 0 Å². The molecule has 0 saturated heterocycles. The summed E-state index contributed by atoms with van der Waals surface area (Å²) >= 11 is 0. The lowest BCUT2D eigenvalue weighted by Crippen LogP contribution is -2.44. The summed E-state index contributed by atoms with van der Waals surface area (Å²) in [5.41, 5.74) is 6.27. The van der Waals surface area contributed by atoms with E-state index in [9.17, 15) is 14.4 Å². The summed E-state index contributed by atoms with van der Waals surface area (Å²) in [5, 5.41) is 2.58. The molecule has 0 radical (unpaired) electrons. The van der Waals surface area contributed by atoms with Crippen LogP contribution in [0.25, 0.3) is 0 Å². The molecule has 1 aromatic rings. The number of amides is 2. The van der Waals surface area contributed by atoms with Crippen molar-refractivity contribution < 1.29 is 14.4 Å². The van der Waals surface area contributed by atoms with Crippen LogP contribution in [0.1, 0.15) is 31.7 Å². The molecule has 0 saturated carbocycles. The molecule has 1 atom stereocenters. The van der Waals surface area contributed by atoms with Crippen LogP contribution in [0.15, 0.2) is 30.3 Å². The Morgan fingerprint density at radius 1 is 1.15 bits per heavy atom. The van der Waals surface area contributed by atoms with E-state index < -0.39 is 11.9 Å². The number of rotatable bonds is 8. The molecular formula is C15H20N2O3. The van der Waals surface area contributed by atoms with E-state index in [0.717, 1.165) is 5.56 Å². The number of nitrogens with two attached hydrogens (primary N) is 1. The van der Waals surface area contributed by atoms with Crippen LogP contribution in [0.2, 0.25) is 0 Å². The number of ketones is 1. The van der Waals surface area contributed by atoms with Crippen LogP contribution >= 0.6 is 0 Å². The maximum Gasteiger partial charge on any atom is 0.240 e. The normalized spacial score (nSPS) is 11.7. The zero-order valence-corrected chi connectivity index (χ0v) is 11.6. The SMILES string of the molecule is CC(=O)CC[C@H](NC(=O)CCc1ccccc1)C(N)=O. The number of carbonyl (C=O) groups excluding carboxylic acids is 3. The van der Waals surface area contributed by atoms with Gasteiger partial charge in [0.15, 0.2) is 0 Å². The van der Waals surface area contributed by atoms with Crippen molar-refractivity contribution >= 4 is 17.6 Å². The average Bonchev–Trinajstić information content (AvgIpc) is 2.41. The van der Waals surface area contributed by atoms with Crippen LogP contribution in [0.3, 0.4) is 0 Å². The Hall–Kier alpha value is -2.17. The number of Topliss-reactive ketones (excluding diaryl/α,β-unsaturated/α-hetero) is 1. The minimum Gasteiger partial charge on any atom is -0.368 e. The molecule has 0 spiro atoms. The molecule has 1 rings (SSSR count). The summed E-state index contributed by atoms with van der Waals surface area (Å²) in [7, 11) is 0. The van der Waals surface area contributed by atoms with E-state index in [-0.39, 0.29) is 31.0 Å². The van der Waals surface area contributed by atoms with Crippen molar-refractivity contribution in [3.8, 4) is 0 Å². The van der Waals surface area contributed by atoms with Gasteiger partial charge in [0.25, 0.3) is 0 Å². The van der Waals surface area contributed by atoms with Gasteiger partial charge in [0.05, 0.1) is 0 Å². The zero-order valence-electron chi connectivity index (χ0n) is 11.6. The van der Waals surface area contributed by atoms with E-state index in [0.29, 0.717) is 6.42 Å². The van der Waals surface area contributed by atoms with Gasteiger partial charge in [0.2, 0.25) is 11.8 Å². The molecular weight excluding hydrogens is 256 g/mol. The van der Waals surface area contributed by atoms with Crippen molar-refractivity contribution in [3.63, 3.8) is 0 Å². The van der Waals surface area contributed by atoms with E-state index in [1.807, 2.05) is 30.3 Å². The first-order chi connectivity index (χ1) is 9.49. The monoisotopic (exact) mass is 276 g/mol. The Kier molecular flexibility index (Phi) is 6.43. The Bertz CT molecular complexity index is 471. The average molecular weight is 276 g/mol. The van der Waals surface area contributed by atoms with Crippen molar-refractivity contribution in [2.45, 2.75) is 38.6 Å². The third-order valence-corrected chi connectivity index (χ3v) is 2.95. The van der Waals surface area contributed by atoms with E-state index in [4.69, 9.17) is 5.73 Å². The summed E-state index contributed by atoms with van der Waals surface area (Å²) in [6.45, 7) is 1.44. The van der Waals surface area contributed by atoms with Gasteiger partial charge in [-0.3, -0.25) is 9.59 Å². The molecule has 0 fully saturated rings. The summed E-state index contributed by atoms with van der Waals surface area (Å²) in [5.74, 6) is -0.879. The summed E-state index contributed by atoms with van der Waals surface area (Å²) in [6, 6.07) is 8.83. The largest absolute Gasteiger partial charge is 0.368 e. The lowest BCUT2D eigenvalue weighted by Gasteiger charge is -2.14. The molecule has 20 heavy (non-hydrogen) atoms. The number of benzene rings is 1. The lowest BCUT2D eigenvalue weighted by molar-refractivity contribution is -0.128. The second-order valence-corrected chi connectivity index (χ2v) is 4.75. The molecule has 5 nitrogen and oxygen atoms in total. The van der Waals surface area contributed by atoms with E-state index in [2.05, 4.69) is 5.32 Å². The first-order valence-corrected chi connectivity index (χ1v) is 6.61. The maximum atomic E-state index is 11.8. The highest BCUT2D eigenvalue weighted by molar-refractivity contribution is 5.87. The van der Waals surface area contributed by atoms with Crippen LogP contribution in [0.4, 0.5) is 0 Å². The van der Waals surface area contributed by atoms with Crippen molar-refractivity contribution in [2.24, 2.45) is 5.73 Å². The molecule has 0 aliphatic rings. The molecule has 0 heterocycles. The van der Waals surface area contributed by atoms with Gasteiger partial charge in [-0.05, 0) is 25.3 Å². The fraction of sp³-hybridized carbons (Fsp3) is 0.400. The molecule has 1 aromatic carbocycles. The summed E-state index contributed by atoms with van der Waals surface area (Å²) < 4.78 is 0. The molecule has 0 bridgehead atoms. The second kappa shape index (κ2) is 8.09. The van der Waals surface area contributed by atoms with Gasteiger partial charge in [0, 0.05) is 12.8 Å². The Labute approximate surface area is 118 Å². The second-order valence-electron chi connectivity index (χ2n) is 4.75. The number of nitrogens with one attached hydrogen (secondary N) is 1. The van der Waals surface area contributed by atoms with Gasteiger partial charge in [-0.1, -0.05) is 30.3 Å². The third kappa shape index (κ3) is 6.13. The number of aryl methyl sites for hydroxylation is 1. The molecule has 3 N–H and O–H groups in total. The van der Waals surface area contributed by atoms with Gasteiger partial charge in [-0.25, -0.2) is 0 Å². The van der Waals surface area contributed by atoms with Gasteiger partial charge < -0.3 is 15.8 Å². The van der Waals surface area contributed by atoms with E-state index >= 15 is 0 Å². The molecule has 108 valence electrons. The molecule has 0 aliphatic heterocycles. The van der Waals surface area contributed by atoms with Crippen LogP contribution in [0.5, 0.6) is 0 Å². The summed E-state index contributed by atoms with van der Waals surface area (Å²) in [4.78, 5) is 33.9. The quantitative estimate of drug-likeness (QED) is 0.741. The molecule has 0 aromatic heterocycles. The van der Waals surface area contributed by atoms with Crippen LogP contribution in [0, 0.1) is 0 Å². The predicted molar refractivity (Wildman–Crippen MR) is 75.8 cm³/mol. The number of hydrogen-bond acceptors (Lipinski definition) is 3. The Morgan fingerprint density at radius 2 is 1.80 bits per heavy atom. The van der Waals surface area contributed by atoms with Gasteiger partial charge >= 0.3 is 0 Å². The highest BCUT2D eigenvalue weighted by Gasteiger charge is 2.18. The fourth-order valence-corrected chi connectivity index (χ4v) is 1.80. The third-order valence-electron chi connectivity index (χ3n) is 2.95. The van der Waals surface area contributed by atoms with Crippen molar-refractivity contribution in [2.75, 3.05) is 0 Å². The highest BCUT2D eigenvalue weighted by Crippen LogP contribution is 2.03. The lowest BCUT2D eigenvalue weighted by atomic mass is 10.1. The van der Waals surface area contributed by atoms with Gasteiger partial charge in [0.1, 0.15) is 11.8 Å². The van der Waals surface area contributed by atoms with Crippen LogP contribution in [-0.4, -0.2) is 23.6 Å². The smallest absolute Gasteiger partial charge is 0.240 e. The van der Waals surface area contributed by atoms with Crippen LogP contribution in [-0.2, 0) is 20.8 Å². The molecule has 5 heteroatoms. The van der Waals surface area contributed by atoms with Crippen molar-refractivity contribution in [3.05, 3.63) is 35.9 Å². The molecule has 0 unspecified atom stereocenters. The molecule has 0 aliphatic carbocycles. The van der Waals surface area contributed by atoms with Gasteiger partial charge in [-0.15, -0.1) is 0 Å². The molecule has 2 amide bonds. The van der Waals surface area contributed by atoms with Crippen LogP contribution < -0.4 is 11.1 Å². The van der Waals surface area contributed by atoms with Crippen molar-refractivity contribution in [1.82, 2.24) is 5.32 Å². The maximum absolute atomic E-state index is 11.8. The Morgan fingerprint density at radius 3 is 2.35 bits per heavy atom. The topological polar surface area (TPSA) is 89.3 Å². The predicted octanol–water partition coefficient (Wildman–Crippen LogP) is 0.959. The zero-order chi connectivity index (χ0) is 15.0. The highest BCUT2D eigenvalue weighted by atomic mass is 16.2. The van der Waals surface area contributed by atoms with E-state index in [1.165, 1.54) is 6.92 Å². The van der Waals surface area contributed by atoms with Gasteiger partial charge in [-0.2, -0.15) is 0 Å². The fourth-order valence-electron chi connectivity index (χ4n) is 1.80. The first-order valence-electron chi connectivity index (χ1n) is 6.61.